The average molecular weight is 544 g/mol. The van der Waals surface area contributed by atoms with E-state index in [1.54, 1.807) is 34.0 Å². The van der Waals surface area contributed by atoms with Gasteiger partial charge in [-0.25, -0.2) is 14.4 Å². The summed E-state index contributed by atoms with van der Waals surface area (Å²) in [6, 6.07) is 2.88. The van der Waals surface area contributed by atoms with E-state index in [-0.39, 0.29) is 5.92 Å². The topological polar surface area (TPSA) is 130 Å². The van der Waals surface area contributed by atoms with Gasteiger partial charge in [0.2, 0.25) is 0 Å². The number of benzene rings is 1. The number of ether oxygens (including phenoxy) is 5. The normalized spacial score (nSPS) is 29.6. The van der Waals surface area contributed by atoms with Crippen LogP contribution in [0.2, 0.25) is 0 Å². The molecule has 2 bridgehead atoms. The standard InChI is InChI=1S/C29H37NO9/c1-15(30-26(33)39-27(3,4)5)24(31)36-16(2)25(32)37-20-11-13-29(34)18-8-7-12-28(29)21-17(14-18)9-10-19(35-6)22(21)38-23(20)28/h9-11,15-16,18,23,34H,7-8,12-14H2,1-6H3,(H,30,33)/t15-,16-,18+,23-,28-,29+/m0/s1. The van der Waals surface area contributed by atoms with Crippen molar-refractivity contribution in [2.45, 2.75) is 102 Å². The molecule has 1 spiro atoms. The highest BCUT2D eigenvalue weighted by atomic mass is 16.6. The predicted octanol–water partition coefficient (Wildman–Crippen LogP) is 3.46. The number of amides is 1. The molecule has 5 rings (SSSR count). The maximum absolute atomic E-state index is 13.1. The highest BCUT2D eigenvalue weighted by Crippen LogP contribution is 2.67. The van der Waals surface area contributed by atoms with E-state index in [1.165, 1.54) is 13.8 Å². The van der Waals surface area contributed by atoms with Crippen molar-refractivity contribution in [3.63, 3.8) is 0 Å². The summed E-state index contributed by atoms with van der Waals surface area (Å²) in [5.74, 6) is -0.0729. The molecule has 2 N–H and O–H groups in total. The molecule has 6 atom stereocenters. The van der Waals surface area contributed by atoms with E-state index in [0.717, 1.165) is 30.4 Å². The summed E-state index contributed by atoms with van der Waals surface area (Å²) in [6.07, 6.45) is 2.58. The third-order valence-electron chi connectivity index (χ3n) is 8.40. The summed E-state index contributed by atoms with van der Waals surface area (Å²) in [4.78, 5) is 37.6. The summed E-state index contributed by atoms with van der Waals surface area (Å²) in [6.45, 7) is 7.96. The van der Waals surface area contributed by atoms with Gasteiger partial charge in [0.1, 0.15) is 17.4 Å². The lowest BCUT2D eigenvalue weighted by Crippen LogP contribution is -2.67. The minimum Gasteiger partial charge on any atom is -0.493 e. The number of methoxy groups -OCH3 is 1. The summed E-state index contributed by atoms with van der Waals surface area (Å²) in [5.41, 5.74) is -0.438. The summed E-state index contributed by atoms with van der Waals surface area (Å²) in [7, 11) is 1.57. The Labute approximate surface area is 228 Å². The molecule has 1 saturated carbocycles. The molecule has 0 unspecified atom stereocenters. The number of nitrogens with one attached hydrogen (secondary N) is 1. The molecule has 39 heavy (non-hydrogen) atoms. The number of alkyl carbamates (subject to hydrolysis) is 1. The summed E-state index contributed by atoms with van der Waals surface area (Å²) in [5, 5.41) is 14.5. The predicted molar refractivity (Wildman–Crippen MR) is 138 cm³/mol. The lowest BCUT2D eigenvalue weighted by atomic mass is 9.47. The van der Waals surface area contributed by atoms with Crippen LogP contribution >= 0.6 is 0 Å². The Morgan fingerprint density at radius 3 is 2.62 bits per heavy atom. The molecule has 10 heteroatoms. The first-order chi connectivity index (χ1) is 18.3. The van der Waals surface area contributed by atoms with Crippen molar-refractivity contribution in [2.75, 3.05) is 7.11 Å². The van der Waals surface area contributed by atoms with Crippen LogP contribution in [0.15, 0.2) is 24.0 Å². The van der Waals surface area contributed by atoms with Crippen LogP contribution < -0.4 is 14.8 Å². The lowest BCUT2D eigenvalue weighted by molar-refractivity contribution is -0.171. The van der Waals surface area contributed by atoms with Gasteiger partial charge in [-0.15, -0.1) is 0 Å². The summed E-state index contributed by atoms with van der Waals surface area (Å²) < 4.78 is 28.3. The summed E-state index contributed by atoms with van der Waals surface area (Å²) >= 11 is 0. The molecule has 10 nitrogen and oxygen atoms in total. The van der Waals surface area contributed by atoms with Gasteiger partial charge in [-0.2, -0.15) is 0 Å². The first-order valence-electron chi connectivity index (χ1n) is 13.5. The van der Waals surface area contributed by atoms with Gasteiger partial charge < -0.3 is 34.1 Å². The van der Waals surface area contributed by atoms with Gasteiger partial charge in [0.15, 0.2) is 23.7 Å². The van der Waals surface area contributed by atoms with Crippen LogP contribution in [0, 0.1) is 5.92 Å². The second kappa shape index (κ2) is 9.43. The maximum Gasteiger partial charge on any atom is 0.408 e. The third-order valence-corrected chi connectivity index (χ3v) is 8.40. The van der Waals surface area contributed by atoms with Gasteiger partial charge >= 0.3 is 18.0 Å². The zero-order valence-electron chi connectivity index (χ0n) is 23.3. The second-order valence-corrected chi connectivity index (χ2v) is 12.0. The molecule has 4 aliphatic rings. The van der Waals surface area contributed by atoms with Crippen LogP contribution in [0.4, 0.5) is 4.79 Å². The van der Waals surface area contributed by atoms with Crippen molar-refractivity contribution >= 4 is 18.0 Å². The number of carbonyl (C=O) groups is 3. The van der Waals surface area contributed by atoms with Crippen molar-refractivity contribution in [2.24, 2.45) is 5.92 Å². The number of hydrogen-bond donors (Lipinski definition) is 2. The number of esters is 2. The van der Waals surface area contributed by atoms with Crippen molar-refractivity contribution < 1.29 is 43.2 Å². The molecular weight excluding hydrogens is 506 g/mol. The van der Waals surface area contributed by atoms with Crippen LogP contribution in [0.25, 0.3) is 0 Å². The second-order valence-electron chi connectivity index (χ2n) is 12.0. The van der Waals surface area contributed by atoms with Crippen molar-refractivity contribution in [3.05, 3.63) is 35.1 Å². The first kappa shape index (κ1) is 27.3. The van der Waals surface area contributed by atoms with Crippen molar-refractivity contribution in [1.29, 1.82) is 0 Å². The average Bonchev–Trinajstić information content (AvgIpc) is 3.19. The van der Waals surface area contributed by atoms with E-state index in [1.807, 2.05) is 12.1 Å². The zero-order chi connectivity index (χ0) is 28.3. The monoisotopic (exact) mass is 543 g/mol. The lowest BCUT2D eigenvalue weighted by Gasteiger charge is -2.59. The Bertz CT molecular complexity index is 1230. The number of carbonyl (C=O) groups excluding carboxylic acids is 3. The molecule has 0 saturated heterocycles. The Hall–Kier alpha value is -3.27. The maximum atomic E-state index is 13.1. The van der Waals surface area contributed by atoms with E-state index in [9.17, 15) is 19.5 Å². The molecular formula is C29H37NO9. The fourth-order valence-corrected chi connectivity index (χ4v) is 6.75. The SMILES string of the molecule is COc1ccc2c3c1O[C@H]1C(OC(=O)[C@H](C)OC(=O)[C@H](C)NC(=O)OC(C)(C)C)=CC[C@@]4(O)[C@H](CCC[C@]314)C2. The number of hydrogen-bond acceptors (Lipinski definition) is 9. The minimum atomic E-state index is -1.25. The van der Waals surface area contributed by atoms with E-state index in [2.05, 4.69) is 5.32 Å². The van der Waals surface area contributed by atoms with Crippen LogP contribution in [0.3, 0.4) is 0 Å². The molecule has 1 aliphatic heterocycles. The number of aliphatic hydroxyl groups is 1. The highest BCUT2D eigenvalue weighted by Gasteiger charge is 2.71. The van der Waals surface area contributed by atoms with Gasteiger partial charge in [-0.05, 0) is 83.9 Å². The Kier molecular flexibility index (Phi) is 6.60. The van der Waals surface area contributed by atoms with Crippen LogP contribution in [-0.4, -0.2) is 59.7 Å². The molecule has 1 heterocycles. The molecule has 1 aromatic rings. The molecule has 0 aromatic heterocycles. The molecule has 1 amide bonds. The fraction of sp³-hybridized carbons (Fsp3) is 0.621. The fourth-order valence-electron chi connectivity index (χ4n) is 6.75. The Balaban J connectivity index is 1.33. The molecule has 1 fully saturated rings. The first-order valence-corrected chi connectivity index (χ1v) is 13.5. The third kappa shape index (κ3) is 4.33. The van der Waals surface area contributed by atoms with Gasteiger partial charge in [0.25, 0.3) is 0 Å². The van der Waals surface area contributed by atoms with E-state index < -0.39 is 52.9 Å². The Morgan fingerprint density at radius 2 is 1.92 bits per heavy atom. The quantitative estimate of drug-likeness (QED) is 0.409. The van der Waals surface area contributed by atoms with Gasteiger partial charge in [-0.3, -0.25) is 0 Å². The minimum absolute atomic E-state index is 0.0662. The van der Waals surface area contributed by atoms with Gasteiger partial charge in [0.05, 0.1) is 18.1 Å². The van der Waals surface area contributed by atoms with E-state index in [0.29, 0.717) is 30.1 Å². The van der Waals surface area contributed by atoms with Crippen molar-refractivity contribution in [3.8, 4) is 11.5 Å². The van der Waals surface area contributed by atoms with Crippen LogP contribution in [0.1, 0.15) is 71.4 Å². The van der Waals surface area contributed by atoms with E-state index >= 15 is 0 Å². The molecule has 3 aliphatic carbocycles. The smallest absolute Gasteiger partial charge is 0.408 e. The van der Waals surface area contributed by atoms with Crippen LogP contribution in [0.5, 0.6) is 11.5 Å². The molecule has 1 aromatic carbocycles. The van der Waals surface area contributed by atoms with Crippen molar-refractivity contribution in [1.82, 2.24) is 5.32 Å². The number of rotatable bonds is 6. The van der Waals surface area contributed by atoms with E-state index in [4.69, 9.17) is 23.7 Å². The van der Waals surface area contributed by atoms with Crippen LogP contribution in [-0.2, 0) is 35.6 Å². The Morgan fingerprint density at radius 1 is 1.18 bits per heavy atom. The largest absolute Gasteiger partial charge is 0.493 e. The zero-order valence-corrected chi connectivity index (χ0v) is 23.3. The highest BCUT2D eigenvalue weighted by molar-refractivity contribution is 5.84. The van der Waals surface area contributed by atoms with Gasteiger partial charge in [0, 0.05) is 5.56 Å². The molecule has 212 valence electrons. The molecule has 0 radical (unpaired) electrons. The van der Waals surface area contributed by atoms with Gasteiger partial charge in [-0.1, -0.05) is 12.5 Å².